The molecule has 0 aliphatic heterocycles. The van der Waals surface area contributed by atoms with E-state index in [1.807, 2.05) is 48.5 Å². The molecule has 4 N–H and O–H groups in total. The highest BCUT2D eigenvalue weighted by Crippen LogP contribution is 2.06. The van der Waals surface area contributed by atoms with E-state index in [-0.39, 0.29) is 18.9 Å². The number of rotatable bonds is 9. The SMILES string of the molecule is CNC(=O)[C@H](Cc1ccccc1)NC(=O)[C@@H](NC(=O)OCc1ccccc1)C(C)O. The number of nitrogens with one attached hydrogen (secondary N) is 3. The van der Waals surface area contributed by atoms with Crippen LogP contribution in [0.4, 0.5) is 4.79 Å². The van der Waals surface area contributed by atoms with Crippen LogP contribution in [0.25, 0.3) is 0 Å². The molecule has 8 nitrogen and oxygen atoms in total. The molecule has 3 amide bonds. The van der Waals surface area contributed by atoms with Crippen molar-refractivity contribution in [3.8, 4) is 0 Å². The number of likely N-dealkylation sites (N-methyl/N-ethyl adjacent to an activating group) is 1. The second-order valence-electron chi connectivity index (χ2n) is 6.79. The normalized spacial score (nSPS) is 13.4. The molecule has 0 aliphatic carbocycles. The Kier molecular flexibility index (Phi) is 8.83. The lowest BCUT2D eigenvalue weighted by Crippen LogP contribution is -2.57. The summed E-state index contributed by atoms with van der Waals surface area (Å²) in [5.74, 6) is -1.07. The number of amides is 3. The summed E-state index contributed by atoms with van der Waals surface area (Å²) in [4.78, 5) is 37.0. The molecule has 0 aromatic heterocycles. The van der Waals surface area contributed by atoms with Crippen LogP contribution in [0.1, 0.15) is 18.1 Å². The summed E-state index contributed by atoms with van der Waals surface area (Å²) in [6, 6.07) is 16.1. The van der Waals surface area contributed by atoms with Crippen molar-refractivity contribution in [2.75, 3.05) is 7.05 Å². The summed E-state index contributed by atoms with van der Waals surface area (Å²) < 4.78 is 5.11. The maximum absolute atomic E-state index is 12.7. The van der Waals surface area contributed by atoms with Gasteiger partial charge in [-0.3, -0.25) is 9.59 Å². The highest BCUT2D eigenvalue weighted by Gasteiger charge is 2.30. The zero-order valence-corrected chi connectivity index (χ0v) is 17.0. The molecule has 3 atom stereocenters. The molecule has 0 saturated heterocycles. The van der Waals surface area contributed by atoms with Crippen LogP contribution >= 0.6 is 0 Å². The molecule has 30 heavy (non-hydrogen) atoms. The first kappa shape index (κ1) is 22.9. The second kappa shape index (κ2) is 11.6. The fourth-order valence-electron chi connectivity index (χ4n) is 2.79. The molecule has 2 rings (SSSR count). The zero-order valence-electron chi connectivity index (χ0n) is 17.0. The molecular weight excluding hydrogens is 386 g/mol. The van der Waals surface area contributed by atoms with Gasteiger partial charge >= 0.3 is 6.09 Å². The molecule has 2 aromatic carbocycles. The van der Waals surface area contributed by atoms with Crippen molar-refractivity contribution in [1.29, 1.82) is 0 Å². The Balaban J connectivity index is 1.99. The van der Waals surface area contributed by atoms with E-state index in [1.165, 1.54) is 14.0 Å². The highest BCUT2D eigenvalue weighted by atomic mass is 16.5. The number of carbonyl (C=O) groups excluding carboxylic acids is 3. The Morgan fingerprint density at radius 3 is 2.00 bits per heavy atom. The van der Waals surface area contributed by atoms with E-state index in [2.05, 4.69) is 16.0 Å². The molecule has 0 saturated carbocycles. The molecule has 2 aromatic rings. The molecule has 1 unspecified atom stereocenters. The van der Waals surface area contributed by atoms with Gasteiger partial charge < -0.3 is 25.8 Å². The minimum Gasteiger partial charge on any atom is -0.445 e. The summed E-state index contributed by atoms with van der Waals surface area (Å²) >= 11 is 0. The van der Waals surface area contributed by atoms with E-state index in [9.17, 15) is 19.5 Å². The van der Waals surface area contributed by atoms with Crippen LogP contribution in [0.2, 0.25) is 0 Å². The van der Waals surface area contributed by atoms with E-state index in [4.69, 9.17) is 4.74 Å². The van der Waals surface area contributed by atoms with Gasteiger partial charge in [-0.05, 0) is 18.1 Å². The first-order chi connectivity index (χ1) is 14.4. The third kappa shape index (κ3) is 7.21. The van der Waals surface area contributed by atoms with Gasteiger partial charge in [0.15, 0.2) is 0 Å². The molecule has 8 heteroatoms. The predicted molar refractivity (Wildman–Crippen MR) is 111 cm³/mol. The van der Waals surface area contributed by atoms with E-state index >= 15 is 0 Å². The number of hydrogen-bond donors (Lipinski definition) is 4. The third-order valence-corrected chi connectivity index (χ3v) is 4.41. The minimum absolute atomic E-state index is 0.0235. The van der Waals surface area contributed by atoms with Crippen LogP contribution in [0, 0.1) is 0 Å². The van der Waals surface area contributed by atoms with E-state index < -0.39 is 30.2 Å². The number of alkyl carbamates (subject to hydrolysis) is 1. The van der Waals surface area contributed by atoms with Gasteiger partial charge in [-0.1, -0.05) is 60.7 Å². The maximum atomic E-state index is 12.7. The highest BCUT2D eigenvalue weighted by molar-refractivity contribution is 5.91. The Morgan fingerprint density at radius 2 is 1.47 bits per heavy atom. The Bertz CT molecular complexity index is 827. The Morgan fingerprint density at radius 1 is 0.900 bits per heavy atom. The van der Waals surface area contributed by atoms with Gasteiger partial charge in [0.1, 0.15) is 18.7 Å². The van der Waals surface area contributed by atoms with E-state index in [1.54, 1.807) is 12.1 Å². The quantitative estimate of drug-likeness (QED) is 0.492. The van der Waals surface area contributed by atoms with Crippen LogP contribution in [0.15, 0.2) is 60.7 Å². The van der Waals surface area contributed by atoms with Gasteiger partial charge in [0.05, 0.1) is 6.10 Å². The monoisotopic (exact) mass is 413 g/mol. The Hall–Kier alpha value is -3.39. The summed E-state index contributed by atoms with van der Waals surface area (Å²) in [7, 11) is 1.47. The number of carbonyl (C=O) groups is 3. The lowest BCUT2D eigenvalue weighted by molar-refractivity contribution is -0.131. The molecular formula is C22H27N3O5. The van der Waals surface area contributed by atoms with Gasteiger partial charge in [0.2, 0.25) is 11.8 Å². The number of aliphatic hydroxyl groups is 1. The largest absolute Gasteiger partial charge is 0.445 e. The average molecular weight is 413 g/mol. The Labute approximate surface area is 175 Å². The topological polar surface area (TPSA) is 117 Å². The van der Waals surface area contributed by atoms with Crippen molar-refractivity contribution in [1.82, 2.24) is 16.0 Å². The molecule has 0 spiro atoms. The van der Waals surface area contributed by atoms with Gasteiger partial charge in [-0.15, -0.1) is 0 Å². The molecule has 0 radical (unpaired) electrons. The fraction of sp³-hybridized carbons (Fsp3) is 0.318. The van der Waals surface area contributed by atoms with Gasteiger partial charge in [-0.25, -0.2) is 4.79 Å². The number of hydrogen-bond acceptors (Lipinski definition) is 5. The molecule has 0 aliphatic rings. The molecule has 0 heterocycles. The van der Waals surface area contributed by atoms with Gasteiger partial charge in [0, 0.05) is 13.5 Å². The van der Waals surface area contributed by atoms with Gasteiger partial charge in [0.25, 0.3) is 0 Å². The lowest BCUT2D eigenvalue weighted by Gasteiger charge is -2.24. The predicted octanol–water partition coefficient (Wildman–Crippen LogP) is 1.14. The summed E-state index contributed by atoms with van der Waals surface area (Å²) in [5, 5.41) is 17.4. The van der Waals surface area contributed by atoms with Gasteiger partial charge in [-0.2, -0.15) is 0 Å². The smallest absolute Gasteiger partial charge is 0.408 e. The standard InChI is InChI=1S/C22H27N3O5/c1-15(26)19(25-22(29)30-14-17-11-7-4-8-12-17)21(28)24-18(20(27)23-2)13-16-9-5-3-6-10-16/h3-12,15,18-19,26H,13-14H2,1-2H3,(H,23,27)(H,24,28)(H,25,29)/t15?,18-,19-/m0/s1. The van der Waals surface area contributed by atoms with Crippen LogP contribution in [0.5, 0.6) is 0 Å². The molecule has 0 fully saturated rings. The van der Waals surface area contributed by atoms with Crippen molar-refractivity contribution in [3.63, 3.8) is 0 Å². The third-order valence-electron chi connectivity index (χ3n) is 4.41. The van der Waals surface area contributed by atoms with E-state index in [0.29, 0.717) is 0 Å². The minimum atomic E-state index is -1.28. The number of ether oxygens (including phenoxy) is 1. The van der Waals surface area contributed by atoms with Crippen molar-refractivity contribution < 1.29 is 24.2 Å². The maximum Gasteiger partial charge on any atom is 0.408 e. The average Bonchev–Trinajstić information content (AvgIpc) is 2.76. The number of aliphatic hydroxyl groups excluding tert-OH is 1. The first-order valence-electron chi connectivity index (χ1n) is 9.62. The van der Waals surface area contributed by atoms with Crippen molar-refractivity contribution in [2.24, 2.45) is 0 Å². The molecule has 160 valence electrons. The first-order valence-corrected chi connectivity index (χ1v) is 9.62. The van der Waals surface area contributed by atoms with Crippen LogP contribution in [-0.4, -0.2) is 48.2 Å². The van der Waals surface area contributed by atoms with Crippen LogP contribution < -0.4 is 16.0 Å². The van der Waals surface area contributed by atoms with Crippen LogP contribution in [0.3, 0.4) is 0 Å². The van der Waals surface area contributed by atoms with Crippen molar-refractivity contribution in [2.45, 2.75) is 38.1 Å². The molecule has 0 bridgehead atoms. The number of benzene rings is 2. The summed E-state index contributed by atoms with van der Waals surface area (Å²) in [6.07, 6.45) is -1.78. The summed E-state index contributed by atoms with van der Waals surface area (Å²) in [5.41, 5.74) is 1.64. The van der Waals surface area contributed by atoms with E-state index in [0.717, 1.165) is 11.1 Å². The lowest BCUT2D eigenvalue weighted by atomic mass is 10.0. The fourth-order valence-corrected chi connectivity index (χ4v) is 2.79. The second-order valence-corrected chi connectivity index (χ2v) is 6.79. The van der Waals surface area contributed by atoms with Crippen molar-refractivity contribution in [3.05, 3.63) is 71.8 Å². The summed E-state index contributed by atoms with van der Waals surface area (Å²) in [6.45, 7) is 1.39. The zero-order chi connectivity index (χ0) is 21.9. The van der Waals surface area contributed by atoms with Crippen molar-refractivity contribution >= 4 is 17.9 Å². The van der Waals surface area contributed by atoms with Crippen LogP contribution in [-0.2, 0) is 27.4 Å².